The van der Waals surface area contributed by atoms with Crippen LogP contribution in [0.4, 0.5) is 5.69 Å². The molecule has 0 bridgehead atoms. The van der Waals surface area contributed by atoms with E-state index >= 15 is 0 Å². The summed E-state index contributed by atoms with van der Waals surface area (Å²) in [5.41, 5.74) is 2.67. The molecule has 1 aromatic heterocycles. The van der Waals surface area contributed by atoms with Crippen molar-refractivity contribution in [2.75, 3.05) is 33.2 Å². The summed E-state index contributed by atoms with van der Waals surface area (Å²) in [6.45, 7) is 0.853. The Balaban J connectivity index is 1.55. The van der Waals surface area contributed by atoms with Crippen LogP contribution >= 0.6 is 0 Å². The van der Waals surface area contributed by atoms with Crippen molar-refractivity contribution in [3.8, 4) is 17.2 Å². The van der Waals surface area contributed by atoms with Gasteiger partial charge in [-0.1, -0.05) is 42.5 Å². The zero-order chi connectivity index (χ0) is 29.9. The van der Waals surface area contributed by atoms with E-state index in [9.17, 15) is 14.4 Å². The average Bonchev–Trinajstić information content (AvgIpc) is 3.04. The highest BCUT2D eigenvalue weighted by molar-refractivity contribution is 6.46. The fraction of sp³-hybridized carbons (Fsp3) is 0.212. The van der Waals surface area contributed by atoms with Crippen LogP contribution in [0.5, 0.6) is 17.2 Å². The number of benzene rings is 3. The maximum Gasteiger partial charge on any atom is 0.296 e. The number of pyridine rings is 1. The molecule has 1 N–H and O–H groups in total. The Morgan fingerprint density at radius 3 is 2.07 bits per heavy atom. The summed E-state index contributed by atoms with van der Waals surface area (Å²) in [6, 6.07) is 23.3. The SMILES string of the molecule is COc1cc(C(=O)C(=O)Nc2ccccc2C(=O)N(CCCc2ccccc2)Cc2ccncc2)cc(OC)c1OC. The molecule has 9 heteroatoms. The van der Waals surface area contributed by atoms with Crippen molar-refractivity contribution in [1.82, 2.24) is 9.88 Å². The predicted octanol–water partition coefficient (Wildman–Crippen LogP) is 5.20. The molecule has 0 fully saturated rings. The quantitative estimate of drug-likeness (QED) is 0.175. The van der Waals surface area contributed by atoms with Gasteiger partial charge in [0, 0.05) is 31.0 Å². The van der Waals surface area contributed by atoms with Crippen molar-refractivity contribution in [2.24, 2.45) is 0 Å². The van der Waals surface area contributed by atoms with Crippen LogP contribution in [0, 0.1) is 0 Å². The number of ether oxygens (including phenoxy) is 3. The van der Waals surface area contributed by atoms with Gasteiger partial charge in [0.1, 0.15) is 0 Å². The molecule has 0 unspecified atom stereocenters. The van der Waals surface area contributed by atoms with Crippen LogP contribution in [-0.4, -0.2) is 55.4 Å². The third-order valence-electron chi connectivity index (χ3n) is 6.69. The van der Waals surface area contributed by atoms with Crippen LogP contribution in [0.15, 0.2) is 91.3 Å². The summed E-state index contributed by atoms with van der Waals surface area (Å²) in [6.07, 6.45) is 4.92. The number of hydrogen-bond donors (Lipinski definition) is 1. The number of Topliss-reactive ketones (excluding diaryl/α,β-unsaturated/α-hetero) is 1. The number of nitrogens with zero attached hydrogens (tertiary/aromatic N) is 2. The highest BCUT2D eigenvalue weighted by atomic mass is 16.5. The number of amides is 2. The van der Waals surface area contributed by atoms with Gasteiger partial charge in [0.25, 0.3) is 17.6 Å². The smallest absolute Gasteiger partial charge is 0.296 e. The molecule has 3 aromatic carbocycles. The molecule has 0 aliphatic heterocycles. The Hall–Kier alpha value is -5.18. The Morgan fingerprint density at radius 2 is 1.43 bits per heavy atom. The largest absolute Gasteiger partial charge is 0.493 e. The van der Waals surface area contributed by atoms with Gasteiger partial charge >= 0.3 is 0 Å². The monoisotopic (exact) mass is 567 g/mol. The van der Waals surface area contributed by atoms with Crippen LogP contribution < -0.4 is 19.5 Å². The average molecular weight is 568 g/mol. The highest BCUT2D eigenvalue weighted by Gasteiger charge is 2.25. The molecular weight excluding hydrogens is 534 g/mol. The predicted molar refractivity (Wildman–Crippen MR) is 159 cm³/mol. The second-order valence-corrected chi connectivity index (χ2v) is 9.41. The Morgan fingerprint density at radius 1 is 0.786 bits per heavy atom. The van der Waals surface area contributed by atoms with E-state index < -0.39 is 11.7 Å². The molecule has 0 aliphatic rings. The number of hydrogen-bond acceptors (Lipinski definition) is 7. The Labute approximate surface area is 245 Å². The van der Waals surface area contributed by atoms with Crippen LogP contribution in [0.25, 0.3) is 0 Å². The van der Waals surface area contributed by atoms with Gasteiger partial charge in [-0.15, -0.1) is 0 Å². The van der Waals surface area contributed by atoms with E-state index in [-0.39, 0.29) is 34.2 Å². The number of ketones is 1. The van der Waals surface area contributed by atoms with Gasteiger partial charge in [0.2, 0.25) is 5.75 Å². The van der Waals surface area contributed by atoms with Gasteiger partial charge in [0.15, 0.2) is 11.5 Å². The number of aryl methyl sites for hydroxylation is 1. The number of aromatic nitrogens is 1. The van der Waals surface area contributed by atoms with E-state index in [1.165, 1.54) is 39.0 Å². The fourth-order valence-electron chi connectivity index (χ4n) is 4.55. The third kappa shape index (κ3) is 7.31. The molecule has 0 radical (unpaired) electrons. The molecule has 4 rings (SSSR count). The number of carbonyl (C=O) groups excluding carboxylic acids is 3. The molecule has 9 nitrogen and oxygen atoms in total. The third-order valence-corrected chi connectivity index (χ3v) is 6.69. The maximum atomic E-state index is 13.9. The topological polar surface area (TPSA) is 107 Å². The molecule has 0 spiro atoms. The summed E-state index contributed by atoms with van der Waals surface area (Å²) < 4.78 is 15.9. The minimum absolute atomic E-state index is 0.0473. The van der Waals surface area contributed by atoms with E-state index in [2.05, 4.69) is 22.4 Å². The molecule has 216 valence electrons. The maximum absolute atomic E-state index is 13.9. The number of rotatable bonds is 13. The summed E-state index contributed by atoms with van der Waals surface area (Å²) in [7, 11) is 4.29. The van der Waals surface area contributed by atoms with Crippen LogP contribution in [-0.2, 0) is 17.8 Å². The lowest BCUT2D eigenvalue weighted by atomic mass is 10.1. The molecule has 4 aromatic rings. The van der Waals surface area contributed by atoms with E-state index in [1.54, 1.807) is 41.6 Å². The van der Waals surface area contributed by atoms with E-state index in [1.807, 2.05) is 30.3 Å². The van der Waals surface area contributed by atoms with Gasteiger partial charge in [0.05, 0.1) is 32.6 Å². The second-order valence-electron chi connectivity index (χ2n) is 9.41. The highest BCUT2D eigenvalue weighted by Crippen LogP contribution is 2.38. The molecule has 42 heavy (non-hydrogen) atoms. The number of anilines is 1. The van der Waals surface area contributed by atoms with Gasteiger partial charge in [-0.05, 0) is 60.4 Å². The van der Waals surface area contributed by atoms with Crippen molar-refractivity contribution in [3.05, 3.63) is 114 Å². The zero-order valence-electron chi connectivity index (χ0n) is 23.8. The first-order chi connectivity index (χ1) is 20.4. The first-order valence-corrected chi connectivity index (χ1v) is 13.4. The van der Waals surface area contributed by atoms with Gasteiger partial charge in [-0.3, -0.25) is 19.4 Å². The fourth-order valence-corrected chi connectivity index (χ4v) is 4.55. The molecule has 0 aliphatic carbocycles. The molecule has 0 atom stereocenters. The van der Waals surface area contributed by atoms with Crippen LogP contribution in [0.1, 0.15) is 38.3 Å². The lowest BCUT2D eigenvalue weighted by Gasteiger charge is -2.24. The minimum Gasteiger partial charge on any atom is -0.493 e. The first-order valence-electron chi connectivity index (χ1n) is 13.4. The lowest BCUT2D eigenvalue weighted by molar-refractivity contribution is -0.112. The van der Waals surface area contributed by atoms with Crippen molar-refractivity contribution in [2.45, 2.75) is 19.4 Å². The molecule has 1 heterocycles. The van der Waals surface area contributed by atoms with Crippen molar-refractivity contribution >= 4 is 23.3 Å². The number of carbonyl (C=O) groups is 3. The van der Waals surface area contributed by atoms with E-state index in [4.69, 9.17) is 14.2 Å². The Kier molecular flexibility index (Phi) is 10.3. The Bertz CT molecular complexity index is 1500. The van der Waals surface area contributed by atoms with E-state index in [0.29, 0.717) is 18.8 Å². The molecule has 2 amide bonds. The van der Waals surface area contributed by atoms with Crippen molar-refractivity contribution in [3.63, 3.8) is 0 Å². The minimum atomic E-state index is -0.908. The van der Waals surface area contributed by atoms with Crippen molar-refractivity contribution in [1.29, 1.82) is 0 Å². The van der Waals surface area contributed by atoms with Crippen LogP contribution in [0.2, 0.25) is 0 Å². The van der Waals surface area contributed by atoms with Gasteiger partial charge in [-0.25, -0.2) is 0 Å². The summed E-state index contributed by atoms with van der Waals surface area (Å²) >= 11 is 0. The summed E-state index contributed by atoms with van der Waals surface area (Å²) in [5, 5.41) is 2.64. The molecule has 0 saturated heterocycles. The van der Waals surface area contributed by atoms with E-state index in [0.717, 1.165) is 18.4 Å². The second kappa shape index (κ2) is 14.5. The van der Waals surface area contributed by atoms with Gasteiger partial charge in [-0.2, -0.15) is 0 Å². The lowest BCUT2D eigenvalue weighted by Crippen LogP contribution is -2.33. The number of methoxy groups -OCH3 is 3. The molecular formula is C33H33N3O6. The number of para-hydroxylation sites is 1. The number of nitrogens with one attached hydrogen (secondary N) is 1. The normalized spacial score (nSPS) is 10.5. The first kappa shape index (κ1) is 29.8. The summed E-state index contributed by atoms with van der Waals surface area (Å²) in [5.74, 6) is -1.22. The summed E-state index contributed by atoms with van der Waals surface area (Å²) in [4.78, 5) is 46.0. The van der Waals surface area contributed by atoms with Crippen molar-refractivity contribution < 1.29 is 28.6 Å². The standard InChI is InChI=1S/C33H33N3O6/c1-40-28-20-25(21-29(41-2)31(28)42-3)30(37)32(38)35-27-14-8-7-13-26(27)33(39)36(22-24-15-17-34-18-16-24)19-9-12-23-10-5-4-6-11-23/h4-8,10-11,13-18,20-21H,9,12,19,22H2,1-3H3,(H,35,38). The molecule has 0 saturated carbocycles. The van der Waals surface area contributed by atoms with Crippen LogP contribution in [0.3, 0.4) is 0 Å². The van der Waals surface area contributed by atoms with Gasteiger partial charge < -0.3 is 24.4 Å². The zero-order valence-corrected chi connectivity index (χ0v) is 23.8.